The van der Waals surface area contributed by atoms with Crippen LogP contribution in [0.5, 0.6) is 5.75 Å². The van der Waals surface area contributed by atoms with Crippen molar-refractivity contribution in [3.05, 3.63) is 24.3 Å². The van der Waals surface area contributed by atoms with E-state index in [9.17, 15) is 13.2 Å². The van der Waals surface area contributed by atoms with Crippen molar-refractivity contribution in [2.75, 3.05) is 60.1 Å². The van der Waals surface area contributed by atoms with Crippen LogP contribution in [-0.4, -0.2) is 83.6 Å². The van der Waals surface area contributed by atoms with Crippen LogP contribution in [0, 0.1) is 0 Å². The number of ether oxygens (including phenoxy) is 2. The second-order valence-corrected chi connectivity index (χ2v) is 7.89. The second kappa shape index (κ2) is 9.86. The summed E-state index contributed by atoms with van der Waals surface area (Å²) in [6, 6.07) is 6.22. The van der Waals surface area contributed by atoms with Crippen LogP contribution >= 0.6 is 0 Å². The maximum atomic E-state index is 12.9. The van der Waals surface area contributed by atoms with Gasteiger partial charge in [0.15, 0.2) is 0 Å². The first-order chi connectivity index (χ1) is 12.5. The molecule has 0 atom stereocenters. The van der Waals surface area contributed by atoms with E-state index in [2.05, 4.69) is 5.32 Å². The first kappa shape index (κ1) is 20.6. The second-order valence-electron chi connectivity index (χ2n) is 5.95. The minimum atomic E-state index is -3.71. The molecule has 0 radical (unpaired) electrons. The number of nitrogens with zero attached hydrogens (tertiary/aromatic N) is 2. The first-order valence-electron chi connectivity index (χ1n) is 8.60. The standard InChI is InChI=1S/C17H27N3O5S/c1-24-14-13-20(10-7-17(21)19-11-8-18-9-12-19)26(22,23)16-5-3-15(25-2)4-6-16/h3-6,18H,7-14H2,1-2H3. The molecule has 1 aliphatic rings. The van der Waals surface area contributed by atoms with Crippen LogP contribution in [0.15, 0.2) is 29.2 Å². The summed E-state index contributed by atoms with van der Waals surface area (Å²) in [6.45, 7) is 3.42. The number of hydrogen-bond donors (Lipinski definition) is 1. The minimum absolute atomic E-state index is 0.0288. The molecule has 0 unspecified atom stereocenters. The first-order valence-corrected chi connectivity index (χ1v) is 10.0. The van der Waals surface area contributed by atoms with E-state index in [0.29, 0.717) is 18.8 Å². The number of rotatable bonds is 9. The Labute approximate surface area is 155 Å². The monoisotopic (exact) mass is 385 g/mol. The Morgan fingerprint density at radius 2 is 1.81 bits per heavy atom. The summed E-state index contributed by atoms with van der Waals surface area (Å²) in [6.07, 6.45) is 0.152. The van der Waals surface area contributed by atoms with Crippen molar-refractivity contribution in [1.82, 2.24) is 14.5 Å². The predicted molar refractivity (Wildman–Crippen MR) is 97.7 cm³/mol. The summed E-state index contributed by atoms with van der Waals surface area (Å²) in [5.41, 5.74) is 0. The van der Waals surface area contributed by atoms with Crippen LogP contribution in [0.25, 0.3) is 0 Å². The van der Waals surface area contributed by atoms with E-state index in [0.717, 1.165) is 13.1 Å². The molecule has 1 amide bonds. The summed E-state index contributed by atoms with van der Waals surface area (Å²) in [5.74, 6) is 0.556. The van der Waals surface area contributed by atoms with Crippen molar-refractivity contribution in [2.24, 2.45) is 0 Å². The highest BCUT2D eigenvalue weighted by atomic mass is 32.2. The number of nitrogens with one attached hydrogen (secondary N) is 1. The maximum absolute atomic E-state index is 12.9. The molecule has 146 valence electrons. The molecule has 1 fully saturated rings. The van der Waals surface area contributed by atoms with Gasteiger partial charge in [0.05, 0.1) is 18.6 Å². The average Bonchev–Trinajstić information content (AvgIpc) is 2.68. The van der Waals surface area contributed by atoms with E-state index in [1.54, 1.807) is 17.0 Å². The lowest BCUT2D eigenvalue weighted by molar-refractivity contribution is -0.131. The molecule has 0 aromatic heterocycles. The van der Waals surface area contributed by atoms with Crippen LogP contribution in [0.4, 0.5) is 0 Å². The Morgan fingerprint density at radius 3 is 2.38 bits per heavy atom. The molecule has 1 N–H and O–H groups in total. The molecule has 1 aromatic rings. The predicted octanol–water partition coefficient (Wildman–Crippen LogP) is 0.154. The van der Waals surface area contributed by atoms with E-state index < -0.39 is 10.0 Å². The van der Waals surface area contributed by atoms with E-state index in [1.807, 2.05) is 0 Å². The van der Waals surface area contributed by atoms with Gasteiger partial charge in [0.25, 0.3) is 0 Å². The highest BCUT2D eigenvalue weighted by Gasteiger charge is 2.26. The van der Waals surface area contributed by atoms with Crippen molar-refractivity contribution in [2.45, 2.75) is 11.3 Å². The lowest BCUT2D eigenvalue weighted by Crippen LogP contribution is -2.47. The summed E-state index contributed by atoms with van der Waals surface area (Å²) in [4.78, 5) is 14.3. The van der Waals surface area contributed by atoms with Crippen molar-refractivity contribution < 1.29 is 22.7 Å². The number of hydrogen-bond acceptors (Lipinski definition) is 6. The fourth-order valence-corrected chi connectivity index (χ4v) is 4.16. The van der Waals surface area contributed by atoms with Gasteiger partial charge in [0.2, 0.25) is 15.9 Å². The van der Waals surface area contributed by atoms with Gasteiger partial charge >= 0.3 is 0 Å². The van der Waals surface area contributed by atoms with E-state index in [1.165, 1.54) is 30.7 Å². The Hall–Kier alpha value is -1.68. The third kappa shape index (κ3) is 5.41. The van der Waals surface area contributed by atoms with Crippen molar-refractivity contribution >= 4 is 15.9 Å². The van der Waals surface area contributed by atoms with Gasteiger partial charge in [-0.3, -0.25) is 4.79 Å². The van der Waals surface area contributed by atoms with Crippen LogP contribution in [0.1, 0.15) is 6.42 Å². The molecule has 0 aliphatic carbocycles. The maximum Gasteiger partial charge on any atom is 0.243 e. The van der Waals surface area contributed by atoms with Crippen LogP contribution in [0.2, 0.25) is 0 Å². The van der Waals surface area contributed by atoms with Crippen molar-refractivity contribution in [3.63, 3.8) is 0 Å². The Kier molecular flexibility index (Phi) is 7.83. The molecule has 2 rings (SSSR count). The number of amides is 1. The fraction of sp³-hybridized carbons (Fsp3) is 0.588. The summed E-state index contributed by atoms with van der Waals surface area (Å²) in [5, 5.41) is 3.19. The van der Waals surface area contributed by atoms with Gasteiger partial charge in [-0.1, -0.05) is 0 Å². The molecule has 0 spiro atoms. The molecule has 1 saturated heterocycles. The zero-order valence-electron chi connectivity index (χ0n) is 15.3. The highest BCUT2D eigenvalue weighted by Crippen LogP contribution is 2.20. The molecular weight excluding hydrogens is 358 g/mol. The molecule has 1 aliphatic heterocycles. The van der Waals surface area contributed by atoms with E-state index >= 15 is 0 Å². The van der Waals surface area contributed by atoms with Crippen LogP contribution in [0.3, 0.4) is 0 Å². The van der Waals surface area contributed by atoms with E-state index in [-0.39, 0.29) is 36.9 Å². The zero-order valence-corrected chi connectivity index (χ0v) is 16.1. The number of benzene rings is 1. The van der Waals surface area contributed by atoms with Crippen LogP contribution in [-0.2, 0) is 19.6 Å². The molecule has 9 heteroatoms. The fourth-order valence-electron chi connectivity index (χ4n) is 2.73. The van der Waals surface area contributed by atoms with Gasteiger partial charge in [-0.2, -0.15) is 4.31 Å². The number of methoxy groups -OCH3 is 2. The Balaban J connectivity index is 2.07. The SMILES string of the molecule is COCCN(CCC(=O)N1CCNCC1)S(=O)(=O)c1ccc(OC)cc1. The van der Waals surface area contributed by atoms with Gasteiger partial charge in [-0.15, -0.1) is 0 Å². The van der Waals surface area contributed by atoms with Crippen molar-refractivity contribution in [1.29, 1.82) is 0 Å². The highest BCUT2D eigenvalue weighted by molar-refractivity contribution is 7.89. The van der Waals surface area contributed by atoms with Gasteiger partial charge in [0, 0.05) is 52.8 Å². The number of sulfonamides is 1. The average molecular weight is 385 g/mol. The Morgan fingerprint density at radius 1 is 1.15 bits per heavy atom. The number of piperazine rings is 1. The molecule has 1 heterocycles. The van der Waals surface area contributed by atoms with Crippen molar-refractivity contribution in [3.8, 4) is 5.75 Å². The minimum Gasteiger partial charge on any atom is -0.497 e. The van der Waals surface area contributed by atoms with Crippen LogP contribution < -0.4 is 10.1 Å². The van der Waals surface area contributed by atoms with Gasteiger partial charge in [0.1, 0.15) is 5.75 Å². The molecule has 0 bridgehead atoms. The third-order valence-electron chi connectivity index (χ3n) is 4.29. The summed E-state index contributed by atoms with van der Waals surface area (Å²) < 4.78 is 37.2. The Bertz CT molecular complexity index is 672. The zero-order chi connectivity index (χ0) is 19.0. The molecule has 1 aromatic carbocycles. The van der Waals surface area contributed by atoms with E-state index in [4.69, 9.17) is 9.47 Å². The van der Waals surface area contributed by atoms with Gasteiger partial charge in [-0.05, 0) is 24.3 Å². The quantitative estimate of drug-likeness (QED) is 0.651. The third-order valence-corrected chi connectivity index (χ3v) is 6.20. The molecule has 26 heavy (non-hydrogen) atoms. The summed E-state index contributed by atoms with van der Waals surface area (Å²) in [7, 11) is -0.668. The lowest BCUT2D eigenvalue weighted by atomic mass is 10.3. The smallest absolute Gasteiger partial charge is 0.243 e. The lowest BCUT2D eigenvalue weighted by Gasteiger charge is -2.28. The summed E-state index contributed by atoms with van der Waals surface area (Å²) >= 11 is 0. The number of carbonyl (C=O) groups excluding carboxylic acids is 1. The molecular formula is C17H27N3O5S. The normalized spacial score (nSPS) is 15.3. The topological polar surface area (TPSA) is 88.2 Å². The molecule has 0 saturated carbocycles. The van der Waals surface area contributed by atoms with Gasteiger partial charge < -0.3 is 19.7 Å². The number of carbonyl (C=O) groups is 1. The largest absolute Gasteiger partial charge is 0.497 e. The van der Waals surface area contributed by atoms with Gasteiger partial charge in [-0.25, -0.2) is 8.42 Å². The molecule has 8 nitrogen and oxygen atoms in total.